The van der Waals surface area contributed by atoms with Gasteiger partial charge in [-0.25, -0.2) is 14.8 Å². The van der Waals surface area contributed by atoms with Crippen LogP contribution in [-0.2, 0) is 0 Å². The summed E-state index contributed by atoms with van der Waals surface area (Å²) in [6, 6.07) is 5.14. The lowest BCUT2D eigenvalue weighted by Crippen LogP contribution is -2.08. The number of methoxy groups -OCH3 is 1. The van der Waals surface area contributed by atoms with E-state index in [4.69, 9.17) is 16.3 Å². The van der Waals surface area contributed by atoms with Crippen LogP contribution < -0.4 is 4.74 Å². The van der Waals surface area contributed by atoms with Crippen molar-refractivity contribution in [3.05, 3.63) is 40.9 Å². The number of carboxylic acid groups (broad SMARTS) is 1. The van der Waals surface area contributed by atoms with E-state index in [1.165, 1.54) is 13.3 Å². The van der Waals surface area contributed by atoms with Crippen LogP contribution in [0.2, 0.25) is 5.02 Å². The van der Waals surface area contributed by atoms with Gasteiger partial charge in [0.25, 0.3) is 0 Å². The first-order valence-corrected chi connectivity index (χ1v) is 6.92. The molecular weight excluding hydrogens is 292 g/mol. The van der Waals surface area contributed by atoms with E-state index < -0.39 is 5.97 Å². The molecule has 1 aromatic carbocycles. The number of nitrogens with zero attached hydrogens (tertiary/aromatic N) is 2. The highest BCUT2D eigenvalue weighted by Gasteiger charge is 2.29. The summed E-state index contributed by atoms with van der Waals surface area (Å²) < 4.78 is 5.27. The summed E-state index contributed by atoms with van der Waals surface area (Å²) >= 11 is 6.21. The monoisotopic (exact) mass is 304 g/mol. The second-order valence-corrected chi connectivity index (χ2v) is 5.29. The average molecular weight is 305 g/mol. The van der Waals surface area contributed by atoms with Gasteiger partial charge in [-0.05, 0) is 25.0 Å². The highest BCUT2D eigenvalue weighted by Crippen LogP contribution is 2.41. The first-order valence-electron chi connectivity index (χ1n) is 6.55. The minimum absolute atomic E-state index is 0.0432. The van der Waals surface area contributed by atoms with Crippen molar-refractivity contribution in [1.82, 2.24) is 9.97 Å². The van der Waals surface area contributed by atoms with Gasteiger partial charge in [0, 0.05) is 23.2 Å². The van der Waals surface area contributed by atoms with E-state index in [1.807, 2.05) is 0 Å². The largest absolute Gasteiger partial charge is 0.496 e. The van der Waals surface area contributed by atoms with Crippen molar-refractivity contribution < 1.29 is 14.6 Å². The van der Waals surface area contributed by atoms with Crippen LogP contribution in [0.15, 0.2) is 24.4 Å². The number of benzene rings is 1. The van der Waals surface area contributed by atoms with Crippen LogP contribution in [0.5, 0.6) is 5.75 Å². The van der Waals surface area contributed by atoms with Crippen LogP contribution in [0, 0.1) is 0 Å². The molecule has 1 saturated carbocycles. The number of carboxylic acids is 1. The molecule has 0 unspecified atom stereocenters. The highest BCUT2D eigenvalue weighted by atomic mass is 35.5. The van der Waals surface area contributed by atoms with E-state index in [1.54, 1.807) is 18.2 Å². The Labute approximate surface area is 126 Å². The average Bonchev–Trinajstić information content (AvgIpc) is 3.31. The summed E-state index contributed by atoms with van der Waals surface area (Å²) in [7, 11) is 1.51. The first kappa shape index (κ1) is 13.8. The number of rotatable bonds is 4. The Balaban J connectivity index is 2.20. The molecule has 1 heterocycles. The zero-order chi connectivity index (χ0) is 15.0. The van der Waals surface area contributed by atoms with Gasteiger partial charge in [-0.15, -0.1) is 0 Å². The molecule has 2 aromatic rings. The molecule has 3 rings (SSSR count). The fourth-order valence-corrected chi connectivity index (χ4v) is 2.48. The minimum atomic E-state index is -1.10. The summed E-state index contributed by atoms with van der Waals surface area (Å²) in [5, 5.41) is 9.84. The summed E-state index contributed by atoms with van der Waals surface area (Å²) in [5.74, 6) is 0.261. The number of aromatic carboxylic acids is 1. The molecule has 1 aliphatic carbocycles. The van der Waals surface area contributed by atoms with Crippen molar-refractivity contribution >= 4 is 17.6 Å². The van der Waals surface area contributed by atoms with Crippen LogP contribution in [0.1, 0.15) is 35.1 Å². The van der Waals surface area contributed by atoms with E-state index in [-0.39, 0.29) is 11.6 Å². The van der Waals surface area contributed by atoms with E-state index in [9.17, 15) is 9.90 Å². The second-order valence-electron chi connectivity index (χ2n) is 4.89. The first-order chi connectivity index (χ1) is 10.1. The Kier molecular flexibility index (Phi) is 3.51. The van der Waals surface area contributed by atoms with Gasteiger partial charge in [0.15, 0.2) is 5.69 Å². The van der Waals surface area contributed by atoms with Gasteiger partial charge in [-0.2, -0.15) is 0 Å². The van der Waals surface area contributed by atoms with Crippen molar-refractivity contribution in [1.29, 1.82) is 0 Å². The normalized spacial score (nSPS) is 14.0. The van der Waals surface area contributed by atoms with E-state index in [0.717, 1.165) is 12.8 Å². The summed E-state index contributed by atoms with van der Waals surface area (Å²) in [4.78, 5) is 20.0. The number of ether oxygens (including phenoxy) is 1. The fraction of sp³-hybridized carbons (Fsp3) is 0.267. The van der Waals surface area contributed by atoms with Crippen molar-refractivity contribution in [2.45, 2.75) is 18.8 Å². The van der Waals surface area contributed by atoms with Crippen molar-refractivity contribution in [2.24, 2.45) is 0 Å². The van der Waals surface area contributed by atoms with Crippen LogP contribution in [0.3, 0.4) is 0 Å². The molecule has 1 fully saturated rings. The molecule has 108 valence electrons. The Hall–Kier alpha value is -2.14. The molecule has 5 nitrogen and oxygen atoms in total. The number of hydrogen-bond acceptors (Lipinski definition) is 4. The third kappa shape index (κ3) is 2.56. The zero-order valence-electron chi connectivity index (χ0n) is 11.3. The maximum atomic E-state index is 11.5. The van der Waals surface area contributed by atoms with E-state index in [0.29, 0.717) is 27.7 Å². The molecule has 0 atom stereocenters. The standard InChI is InChI=1S/C15H13ClN2O3/c1-21-11-4-2-3-10(16)12(11)9-7-17-14(8-5-6-8)18-13(9)15(19)20/h2-4,7-8H,5-6H2,1H3,(H,19,20). The maximum Gasteiger partial charge on any atom is 0.355 e. The van der Waals surface area contributed by atoms with Crippen LogP contribution in [0.25, 0.3) is 11.1 Å². The van der Waals surface area contributed by atoms with Gasteiger partial charge in [-0.1, -0.05) is 17.7 Å². The Morgan fingerprint density at radius 3 is 2.81 bits per heavy atom. The van der Waals surface area contributed by atoms with Gasteiger partial charge in [0.2, 0.25) is 0 Å². The second kappa shape index (κ2) is 5.33. The van der Waals surface area contributed by atoms with Crippen molar-refractivity contribution in [3.63, 3.8) is 0 Å². The number of carbonyl (C=O) groups is 1. The molecule has 1 aliphatic rings. The molecular formula is C15H13ClN2O3. The molecule has 0 bridgehead atoms. The molecule has 0 aliphatic heterocycles. The number of aromatic nitrogens is 2. The lowest BCUT2D eigenvalue weighted by atomic mass is 10.0. The lowest BCUT2D eigenvalue weighted by Gasteiger charge is -2.12. The van der Waals surface area contributed by atoms with Crippen LogP contribution in [-0.4, -0.2) is 28.2 Å². The van der Waals surface area contributed by atoms with Gasteiger partial charge >= 0.3 is 5.97 Å². The Bertz CT molecular complexity index is 714. The number of halogens is 1. The summed E-state index contributed by atoms with van der Waals surface area (Å²) in [6.45, 7) is 0. The van der Waals surface area contributed by atoms with Gasteiger partial charge in [0.1, 0.15) is 11.6 Å². The van der Waals surface area contributed by atoms with Crippen LogP contribution in [0.4, 0.5) is 0 Å². The molecule has 0 saturated heterocycles. The fourth-order valence-electron chi connectivity index (χ4n) is 2.22. The van der Waals surface area contributed by atoms with Crippen molar-refractivity contribution in [3.8, 4) is 16.9 Å². The molecule has 0 amide bonds. The molecule has 21 heavy (non-hydrogen) atoms. The summed E-state index contributed by atoms with van der Waals surface area (Å²) in [5.41, 5.74) is 0.828. The third-order valence-electron chi connectivity index (χ3n) is 3.42. The molecule has 0 radical (unpaired) electrons. The lowest BCUT2D eigenvalue weighted by molar-refractivity contribution is 0.0691. The van der Waals surface area contributed by atoms with Gasteiger partial charge in [-0.3, -0.25) is 0 Å². The van der Waals surface area contributed by atoms with Gasteiger partial charge in [0.05, 0.1) is 12.1 Å². The van der Waals surface area contributed by atoms with Crippen LogP contribution >= 0.6 is 11.6 Å². The molecule has 0 spiro atoms. The summed E-state index contributed by atoms with van der Waals surface area (Å²) in [6.07, 6.45) is 3.54. The predicted molar refractivity (Wildman–Crippen MR) is 78.0 cm³/mol. The smallest absolute Gasteiger partial charge is 0.355 e. The highest BCUT2D eigenvalue weighted by molar-refractivity contribution is 6.34. The van der Waals surface area contributed by atoms with Gasteiger partial charge < -0.3 is 9.84 Å². The van der Waals surface area contributed by atoms with E-state index in [2.05, 4.69) is 9.97 Å². The SMILES string of the molecule is COc1cccc(Cl)c1-c1cnc(C2CC2)nc1C(=O)O. The van der Waals surface area contributed by atoms with Crippen molar-refractivity contribution in [2.75, 3.05) is 7.11 Å². The van der Waals surface area contributed by atoms with E-state index >= 15 is 0 Å². The molecule has 6 heteroatoms. The Morgan fingerprint density at radius 2 is 2.19 bits per heavy atom. The number of hydrogen-bond donors (Lipinski definition) is 1. The zero-order valence-corrected chi connectivity index (χ0v) is 12.1. The Morgan fingerprint density at radius 1 is 1.43 bits per heavy atom. The quantitative estimate of drug-likeness (QED) is 0.937. The topological polar surface area (TPSA) is 72.3 Å². The minimum Gasteiger partial charge on any atom is -0.496 e. The third-order valence-corrected chi connectivity index (χ3v) is 3.73. The maximum absolute atomic E-state index is 11.5. The molecule has 1 aromatic heterocycles. The predicted octanol–water partition coefficient (Wildman–Crippen LogP) is 3.38. The molecule has 1 N–H and O–H groups in total.